The third-order valence-corrected chi connectivity index (χ3v) is 3.83. The Morgan fingerprint density at radius 1 is 1.45 bits per heavy atom. The van der Waals surface area contributed by atoms with E-state index in [0.29, 0.717) is 39.1 Å². The number of likely N-dealkylation sites (tertiary alicyclic amines) is 1. The zero-order valence-electron chi connectivity index (χ0n) is 12.5. The molecule has 1 saturated heterocycles. The fraction of sp³-hybridized carbons (Fsp3) is 0.857. The molecule has 116 valence electrons. The number of carbonyl (C=O) groups is 2. The number of carboxylic acids is 1. The van der Waals surface area contributed by atoms with Crippen LogP contribution in [0.4, 0.5) is 0 Å². The van der Waals surface area contributed by atoms with Crippen LogP contribution in [0.25, 0.3) is 0 Å². The summed E-state index contributed by atoms with van der Waals surface area (Å²) in [6, 6.07) is 0. The Bertz CT molecular complexity index is 335. The number of carbonyl (C=O) groups excluding carboxylic acids is 1. The summed E-state index contributed by atoms with van der Waals surface area (Å²) >= 11 is 0. The van der Waals surface area contributed by atoms with Gasteiger partial charge >= 0.3 is 5.97 Å². The fourth-order valence-corrected chi connectivity index (χ4v) is 2.76. The van der Waals surface area contributed by atoms with Gasteiger partial charge in [-0.1, -0.05) is 13.3 Å². The van der Waals surface area contributed by atoms with Gasteiger partial charge in [-0.15, -0.1) is 0 Å². The summed E-state index contributed by atoms with van der Waals surface area (Å²) in [6.07, 6.45) is 2.95. The number of methoxy groups -OCH3 is 1. The van der Waals surface area contributed by atoms with Gasteiger partial charge in [0.2, 0.25) is 5.91 Å². The molecular weight excluding hydrogens is 260 g/mol. The number of rotatable bonds is 9. The van der Waals surface area contributed by atoms with Crippen LogP contribution >= 0.6 is 0 Å². The third-order valence-electron chi connectivity index (χ3n) is 3.83. The Kier molecular flexibility index (Phi) is 6.95. The molecule has 1 amide bonds. The van der Waals surface area contributed by atoms with Crippen molar-refractivity contribution in [1.29, 1.82) is 0 Å². The van der Waals surface area contributed by atoms with Gasteiger partial charge in [0.25, 0.3) is 0 Å². The molecule has 20 heavy (non-hydrogen) atoms. The number of aliphatic carboxylic acids is 1. The Morgan fingerprint density at radius 3 is 2.80 bits per heavy atom. The highest BCUT2D eigenvalue weighted by molar-refractivity contribution is 5.79. The van der Waals surface area contributed by atoms with Gasteiger partial charge in [0.15, 0.2) is 0 Å². The highest BCUT2D eigenvalue weighted by atomic mass is 16.5. The molecule has 1 fully saturated rings. The molecule has 0 aromatic rings. The monoisotopic (exact) mass is 286 g/mol. The molecule has 0 spiro atoms. The minimum atomic E-state index is -0.734. The molecule has 1 heterocycles. The van der Waals surface area contributed by atoms with Gasteiger partial charge in [-0.25, -0.2) is 0 Å². The van der Waals surface area contributed by atoms with Crippen LogP contribution in [-0.4, -0.2) is 61.8 Å². The van der Waals surface area contributed by atoms with E-state index in [2.05, 4.69) is 5.32 Å². The summed E-state index contributed by atoms with van der Waals surface area (Å²) in [7, 11) is 1.63. The molecule has 1 atom stereocenters. The predicted octanol–water partition coefficient (Wildman–Crippen LogP) is 0.716. The van der Waals surface area contributed by atoms with Crippen molar-refractivity contribution in [3.63, 3.8) is 0 Å². The van der Waals surface area contributed by atoms with Gasteiger partial charge in [-0.3, -0.25) is 14.5 Å². The number of nitrogens with zero attached hydrogens (tertiary/aromatic N) is 1. The SMILES string of the molecule is CCCC1(C(=O)O)CCN(CC(=O)NCCCOC)C1. The van der Waals surface area contributed by atoms with Crippen molar-refractivity contribution in [3.05, 3.63) is 0 Å². The highest BCUT2D eigenvalue weighted by Gasteiger charge is 2.44. The van der Waals surface area contributed by atoms with Gasteiger partial charge in [0.05, 0.1) is 12.0 Å². The van der Waals surface area contributed by atoms with Gasteiger partial charge in [0, 0.05) is 26.8 Å². The maximum atomic E-state index is 11.8. The molecule has 2 N–H and O–H groups in total. The van der Waals surface area contributed by atoms with Crippen LogP contribution in [0.1, 0.15) is 32.6 Å². The Balaban J connectivity index is 2.36. The lowest BCUT2D eigenvalue weighted by Gasteiger charge is -2.24. The van der Waals surface area contributed by atoms with E-state index in [1.54, 1.807) is 7.11 Å². The van der Waals surface area contributed by atoms with Gasteiger partial charge in [0.1, 0.15) is 0 Å². The van der Waals surface area contributed by atoms with E-state index in [9.17, 15) is 14.7 Å². The molecule has 0 saturated carbocycles. The second-order valence-corrected chi connectivity index (χ2v) is 5.49. The van der Waals surface area contributed by atoms with Crippen molar-refractivity contribution in [2.45, 2.75) is 32.6 Å². The molecule has 0 bridgehead atoms. The topological polar surface area (TPSA) is 78.9 Å². The lowest BCUT2D eigenvalue weighted by Crippen LogP contribution is -2.39. The van der Waals surface area contributed by atoms with Crippen LogP contribution in [-0.2, 0) is 14.3 Å². The summed E-state index contributed by atoms with van der Waals surface area (Å²) in [5.41, 5.74) is -0.662. The number of ether oxygens (including phenoxy) is 1. The smallest absolute Gasteiger partial charge is 0.310 e. The summed E-state index contributed by atoms with van der Waals surface area (Å²) < 4.78 is 4.91. The maximum absolute atomic E-state index is 11.8. The molecule has 0 aliphatic carbocycles. The van der Waals surface area contributed by atoms with Crippen molar-refractivity contribution in [1.82, 2.24) is 10.2 Å². The highest BCUT2D eigenvalue weighted by Crippen LogP contribution is 2.35. The number of hydrogen-bond acceptors (Lipinski definition) is 4. The normalized spacial score (nSPS) is 22.9. The first-order valence-corrected chi connectivity index (χ1v) is 7.25. The van der Waals surface area contributed by atoms with E-state index >= 15 is 0 Å². The molecule has 1 aliphatic rings. The summed E-state index contributed by atoms with van der Waals surface area (Å²) in [4.78, 5) is 25.1. The van der Waals surface area contributed by atoms with E-state index in [1.807, 2.05) is 11.8 Å². The lowest BCUT2D eigenvalue weighted by molar-refractivity contribution is -0.148. The Morgan fingerprint density at radius 2 is 2.20 bits per heavy atom. The van der Waals surface area contributed by atoms with E-state index in [1.165, 1.54) is 0 Å². The first-order valence-electron chi connectivity index (χ1n) is 7.25. The van der Waals surface area contributed by atoms with Crippen LogP contribution in [0.3, 0.4) is 0 Å². The second kappa shape index (κ2) is 8.21. The third kappa shape index (κ3) is 4.76. The zero-order chi connectivity index (χ0) is 15.0. The molecule has 1 unspecified atom stereocenters. The van der Waals surface area contributed by atoms with E-state index in [0.717, 1.165) is 12.8 Å². The van der Waals surface area contributed by atoms with E-state index in [4.69, 9.17) is 4.74 Å². The second-order valence-electron chi connectivity index (χ2n) is 5.49. The van der Waals surface area contributed by atoms with Crippen molar-refractivity contribution in [3.8, 4) is 0 Å². The first kappa shape index (κ1) is 16.9. The van der Waals surface area contributed by atoms with Crippen LogP contribution in [0.15, 0.2) is 0 Å². The molecule has 1 rings (SSSR count). The summed E-state index contributed by atoms with van der Waals surface area (Å²) in [6.45, 7) is 4.66. The van der Waals surface area contributed by atoms with Gasteiger partial charge in [-0.05, 0) is 25.8 Å². The minimum Gasteiger partial charge on any atom is -0.481 e. The van der Waals surface area contributed by atoms with E-state index < -0.39 is 11.4 Å². The minimum absolute atomic E-state index is 0.0428. The number of amides is 1. The largest absolute Gasteiger partial charge is 0.481 e. The summed E-state index contributed by atoms with van der Waals surface area (Å²) in [5, 5.41) is 12.2. The van der Waals surface area contributed by atoms with E-state index in [-0.39, 0.29) is 12.5 Å². The quantitative estimate of drug-likeness (QED) is 0.611. The molecule has 6 heteroatoms. The standard InChI is InChI=1S/C14H26N2O4/c1-3-5-14(13(18)19)6-8-16(11-14)10-12(17)15-7-4-9-20-2/h3-11H2,1-2H3,(H,15,17)(H,18,19). The van der Waals surface area contributed by atoms with Crippen LogP contribution in [0, 0.1) is 5.41 Å². The maximum Gasteiger partial charge on any atom is 0.310 e. The number of hydrogen-bond donors (Lipinski definition) is 2. The molecule has 1 aliphatic heterocycles. The molecule has 0 radical (unpaired) electrons. The van der Waals surface area contributed by atoms with Crippen molar-refractivity contribution in [2.75, 3.05) is 39.9 Å². The predicted molar refractivity (Wildman–Crippen MR) is 75.5 cm³/mol. The molecule has 6 nitrogen and oxygen atoms in total. The van der Waals surface area contributed by atoms with Crippen molar-refractivity contribution < 1.29 is 19.4 Å². The zero-order valence-corrected chi connectivity index (χ0v) is 12.5. The fourth-order valence-electron chi connectivity index (χ4n) is 2.76. The Labute approximate surface area is 120 Å². The van der Waals surface area contributed by atoms with Crippen molar-refractivity contribution >= 4 is 11.9 Å². The average molecular weight is 286 g/mol. The number of nitrogens with one attached hydrogen (secondary N) is 1. The van der Waals surface area contributed by atoms with Gasteiger partial charge < -0.3 is 15.2 Å². The Hall–Kier alpha value is -1.14. The van der Waals surface area contributed by atoms with Crippen molar-refractivity contribution in [2.24, 2.45) is 5.41 Å². The number of carboxylic acid groups (broad SMARTS) is 1. The first-order chi connectivity index (χ1) is 9.54. The molecule has 0 aromatic carbocycles. The van der Waals surface area contributed by atoms with Crippen LogP contribution < -0.4 is 5.32 Å². The molecule has 0 aromatic heterocycles. The van der Waals surface area contributed by atoms with Crippen LogP contribution in [0.2, 0.25) is 0 Å². The summed E-state index contributed by atoms with van der Waals surface area (Å²) in [5.74, 6) is -0.777. The molecular formula is C14H26N2O4. The van der Waals surface area contributed by atoms with Gasteiger partial charge in [-0.2, -0.15) is 0 Å². The average Bonchev–Trinajstić information content (AvgIpc) is 2.80. The van der Waals surface area contributed by atoms with Crippen LogP contribution in [0.5, 0.6) is 0 Å². The lowest BCUT2D eigenvalue weighted by atomic mass is 9.83.